The van der Waals surface area contributed by atoms with Gasteiger partial charge in [0.1, 0.15) is 6.04 Å². The second-order valence-corrected chi connectivity index (χ2v) is 5.92. The van der Waals surface area contributed by atoms with Crippen LogP contribution in [0.3, 0.4) is 0 Å². The number of amides is 1. The van der Waals surface area contributed by atoms with E-state index in [0.29, 0.717) is 5.56 Å². The van der Waals surface area contributed by atoms with Crippen molar-refractivity contribution >= 4 is 22.8 Å². The summed E-state index contributed by atoms with van der Waals surface area (Å²) in [4.78, 5) is 23.8. The molecule has 0 fully saturated rings. The fourth-order valence-corrected chi connectivity index (χ4v) is 2.76. The smallest absolute Gasteiger partial charge is 0.328 e. The van der Waals surface area contributed by atoms with Crippen molar-refractivity contribution in [1.82, 2.24) is 9.88 Å². The van der Waals surface area contributed by atoms with Gasteiger partial charge < -0.3 is 14.6 Å². The summed E-state index contributed by atoms with van der Waals surface area (Å²) in [6.07, 6.45) is 2.01. The van der Waals surface area contributed by atoms with Crippen LogP contribution in [0.25, 0.3) is 10.9 Å². The number of carbonyl (C=O) groups is 2. The molecule has 128 valence electrons. The Morgan fingerprint density at radius 1 is 1.12 bits per heavy atom. The molecular weight excluding hydrogens is 316 g/mol. The minimum Gasteiger partial charge on any atom is -0.467 e. The molecule has 0 spiro atoms. The molecule has 0 aliphatic rings. The third-order valence-electron chi connectivity index (χ3n) is 4.13. The quantitative estimate of drug-likeness (QED) is 0.729. The average molecular weight is 336 g/mol. The van der Waals surface area contributed by atoms with E-state index in [1.165, 1.54) is 12.7 Å². The number of aromatic nitrogens is 1. The minimum absolute atomic E-state index is 0.299. The molecule has 1 N–H and O–H groups in total. The van der Waals surface area contributed by atoms with Gasteiger partial charge in [0, 0.05) is 23.8 Å². The summed E-state index contributed by atoms with van der Waals surface area (Å²) in [5, 5.41) is 3.71. The number of carbonyl (C=O) groups excluding carboxylic acids is 2. The van der Waals surface area contributed by atoms with Gasteiger partial charge in [-0.05, 0) is 36.1 Å². The first-order valence-corrected chi connectivity index (χ1v) is 8.10. The van der Waals surface area contributed by atoms with Gasteiger partial charge in [-0.3, -0.25) is 4.79 Å². The molecular formula is C20H20N2O3. The molecule has 0 aliphatic heterocycles. The van der Waals surface area contributed by atoms with E-state index in [1.54, 1.807) is 13.0 Å². The number of esters is 1. The van der Waals surface area contributed by atoms with Crippen LogP contribution in [-0.2, 0) is 16.1 Å². The van der Waals surface area contributed by atoms with Gasteiger partial charge in [-0.1, -0.05) is 36.4 Å². The highest BCUT2D eigenvalue weighted by Gasteiger charge is 2.17. The zero-order valence-electron chi connectivity index (χ0n) is 14.2. The highest BCUT2D eigenvalue weighted by Crippen LogP contribution is 2.19. The number of nitrogens with zero attached hydrogens (tertiary/aromatic N) is 1. The molecule has 2 aromatic carbocycles. The van der Waals surface area contributed by atoms with Gasteiger partial charge in [0.15, 0.2) is 0 Å². The third-order valence-corrected chi connectivity index (χ3v) is 4.13. The molecule has 0 saturated heterocycles. The van der Waals surface area contributed by atoms with Gasteiger partial charge in [0.2, 0.25) is 0 Å². The summed E-state index contributed by atoms with van der Waals surface area (Å²) >= 11 is 0. The lowest BCUT2D eigenvalue weighted by Gasteiger charge is -2.12. The fourth-order valence-electron chi connectivity index (χ4n) is 2.76. The molecule has 1 heterocycles. The Morgan fingerprint density at radius 2 is 1.88 bits per heavy atom. The molecule has 0 aliphatic carbocycles. The first-order chi connectivity index (χ1) is 12.1. The summed E-state index contributed by atoms with van der Waals surface area (Å²) in [6, 6.07) is 17.0. The van der Waals surface area contributed by atoms with Crippen LogP contribution in [0.1, 0.15) is 22.8 Å². The van der Waals surface area contributed by atoms with Crippen molar-refractivity contribution in [2.45, 2.75) is 19.5 Å². The zero-order valence-corrected chi connectivity index (χ0v) is 14.2. The lowest BCUT2D eigenvalue weighted by atomic mass is 10.1. The Kier molecular flexibility index (Phi) is 4.84. The topological polar surface area (TPSA) is 60.3 Å². The minimum atomic E-state index is -0.690. The monoisotopic (exact) mass is 336 g/mol. The van der Waals surface area contributed by atoms with Crippen molar-refractivity contribution in [2.24, 2.45) is 0 Å². The number of benzene rings is 2. The molecule has 3 rings (SSSR count). The summed E-state index contributed by atoms with van der Waals surface area (Å²) in [5.41, 5.74) is 2.67. The van der Waals surface area contributed by atoms with Crippen LogP contribution >= 0.6 is 0 Å². The maximum Gasteiger partial charge on any atom is 0.328 e. The Morgan fingerprint density at radius 3 is 2.60 bits per heavy atom. The number of hydrogen-bond acceptors (Lipinski definition) is 3. The van der Waals surface area contributed by atoms with Gasteiger partial charge in [-0.2, -0.15) is 0 Å². The molecule has 1 aromatic heterocycles. The van der Waals surface area contributed by atoms with Crippen LogP contribution in [0.15, 0.2) is 60.8 Å². The number of hydrogen-bond donors (Lipinski definition) is 1. The fraction of sp³-hybridized carbons (Fsp3) is 0.200. The maximum absolute atomic E-state index is 12.4. The lowest BCUT2D eigenvalue weighted by molar-refractivity contribution is -0.142. The van der Waals surface area contributed by atoms with E-state index in [4.69, 9.17) is 0 Å². The number of methoxy groups -OCH3 is 1. The van der Waals surface area contributed by atoms with Gasteiger partial charge in [-0.15, -0.1) is 0 Å². The predicted octanol–water partition coefficient (Wildman–Crippen LogP) is 2.98. The Labute approximate surface area is 146 Å². The van der Waals surface area contributed by atoms with E-state index in [2.05, 4.69) is 26.8 Å². The summed E-state index contributed by atoms with van der Waals surface area (Å²) < 4.78 is 6.74. The van der Waals surface area contributed by atoms with Crippen molar-refractivity contribution in [2.75, 3.05) is 7.11 Å². The second kappa shape index (κ2) is 7.21. The van der Waals surface area contributed by atoms with Gasteiger partial charge in [0.05, 0.1) is 7.11 Å². The van der Waals surface area contributed by atoms with Crippen molar-refractivity contribution in [3.05, 3.63) is 71.9 Å². The molecule has 1 unspecified atom stereocenters. The highest BCUT2D eigenvalue weighted by atomic mass is 16.5. The van der Waals surface area contributed by atoms with Crippen LogP contribution < -0.4 is 5.32 Å². The van der Waals surface area contributed by atoms with Gasteiger partial charge in [0.25, 0.3) is 5.91 Å². The maximum atomic E-state index is 12.4. The molecule has 0 saturated carbocycles. The lowest BCUT2D eigenvalue weighted by Crippen LogP contribution is -2.39. The van der Waals surface area contributed by atoms with Crippen molar-refractivity contribution in [3.8, 4) is 0 Å². The van der Waals surface area contributed by atoms with E-state index < -0.39 is 12.0 Å². The molecule has 25 heavy (non-hydrogen) atoms. The SMILES string of the molecule is COC(=O)C(C)NC(=O)c1ccc2ccn(Cc3ccccc3)c2c1. The summed E-state index contributed by atoms with van der Waals surface area (Å²) in [6.45, 7) is 2.33. The van der Waals surface area contributed by atoms with E-state index in [9.17, 15) is 9.59 Å². The number of nitrogens with one attached hydrogen (secondary N) is 1. The first-order valence-electron chi connectivity index (χ1n) is 8.10. The first kappa shape index (κ1) is 16.8. The molecule has 5 nitrogen and oxygen atoms in total. The number of rotatable bonds is 5. The van der Waals surface area contributed by atoms with Gasteiger partial charge in [-0.25, -0.2) is 4.79 Å². The number of ether oxygens (including phenoxy) is 1. The van der Waals surface area contributed by atoms with Crippen LogP contribution in [0.2, 0.25) is 0 Å². The van der Waals surface area contributed by atoms with Crippen LogP contribution in [-0.4, -0.2) is 29.6 Å². The second-order valence-electron chi connectivity index (χ2n) is 5.92. The third kappa shape index (κ3) is 3.71. The van der Waals surface area contributed by atoms with E-state index in [0.717, 1.165) is 17.4 Å². The van der Waals surface area contributed by atoms with Crippen LogP contribution in [0.5, 0.6) is 0 Å². The molecule has 0 bridgehead atoms. The highest BCUT2D eigenvalue weighted by molar-refractivity contribution is 5.99. The molecule has 5 heteroatoms. The zero-order chi connectivity index (χ0) is 17.8. The standard InChI is InChI=1S/C20H20N2O3/c1-14(20(24)25-2)21-19(23)17-9-8-16-10-11-22(18(16)12-17)13-15-6-4-3-5-7-15/h3-12,14H,13H2,1-2H3,(H,21,23). The van der Waals surface area contributed by atoms with E-state index >= 15 is 0 Å². The van der Waals surface area contributed by atoms with Crippen molar-refractivity contribution in [1.29, 1.82) is 0 Å². The summed E-state index contributed by atoms with van der Waals surface area (Å²) in [7, 11) is 1.30. The van der Waals surface area contributed by atoms with Crippen LogP contribution in [0, 0.1) is 0 Å². The van der Waals surface area contributed by atoms with Gasteiger partial charge >= 0.3 is 5.97 Å². The summed E-state index contributed by atoms with van der Waals surface area (Å²) in [5.74, 6) is -0.769. The average Bonchev–Trinajstić information content (AvgIpc) is 3.03. The normalized spacial score (nSPS) is 11.9. The predicted molar refractivity (Wildman–Crippen MR) is 96.4 cm³/mol. The molecule has 1 amide bonds. The van der Waals surface area contributed by atoms with Crippen molar-refractivity contribution < 1.29 is 14.3 Å². The van der Waals surface area contributed by atoms with E-state index in [1.807, 2.05) is 42.6 Å². The molecule has 3 aromatic rings. The Hall–Kier alpha value is -3.08. The van der Waals surface area contributed by atoms with Crippen LogP contribution in [0.4, 0.5) is 0 Å². The van der Waals surface area contributed by atoms with Crippen molar-refractivity contribution in [3.63, 3.8) is 0 Å². The molecule has 0 radical (unpaired) electrons. The largest absolute Gasteiger partial charge is 0.467 e. The van der Waals surface area contributed by atoms with E-state index in [-0.39, 0.29) is 5.91 Å². The Balaban J connectivity index is 1.85. The number of fused-ring (bicyclic) bond motifs is 1. The molecule has 1 atom stereocenters. The Bertz CT molecular complexity index is 900.